The lowest BCUT2D eigenvalue weighted by Gasteiger charge is -2.27. The first-order valence-electron chi connectivity index (χ1n) is 5.48. The lowest BCUT2D eigenvalue weighted by atomic mass is 9.84. The molecule has 0 unspecified atom stereocenters. The minimum Gasteiger partial charge on any atom is -0.381 e. The molecular weight excluding hydrogens is 164 g/mol. The van der Waals surface area contributed by atoms with Crippen LogP contribution in [0.4, 0.5) is 0 Å². The highest BCUT2D eigenvalue weighted by Gasteiger charge is 2.61. The Morgan fingerprint density at radius 3 is 3.00 bits per heavy atom. The predicted octanol–water partition coefficient (Wildman–Crippen LogP) is 1.52. The summed E-state index contributed by atoms with van der Waals surface area (Å²) in [6, 6.07) is 0. The predicted molar refractivity (Wildman–Crippen MR) is 48.1 cm³/mol. The van der Waals surface area contributed by atoms with Crippen molar-refractivity contribution in [1.82, 2.24) is 0 Å². The van der Waals surface area contributed by atoms with Crippen molar-refractivity contribution in [3.8, 4) is 0 Å². The van der Waals surface area contributed by atoms with E-state index in [1.807, 2.05) is 0 Å². The fourth-order valence-corrected chi connectivity index (χ4v) is 4.02. The average molecular weight is 180 g/mol. The van der Waals surface area contributed by atoms with Gasteiger partial charge < -0.3 is 5.11 Å². The molecule has 3 aliphatic rings. The van der Waals surface area contributed by atoms with Crippen LogP contribution in [0.25, 0.3) is 0 Å². The number of Topliss-reactive ketones (excluding diaryl/α,β-unsaturated/α-hetero) is 1. The lowest BCUT2D eigenvalue weighted by Crippen LogP contribution is -2.42. The van der Waals surface area contributed by atoms with Gasteiger partial charge in [0.05, 0.1) is 0 Å². The van der Waals surface area contributed by atoms with Crippen molar-refractivity contribution < 1.29 is 9.90 Å². The number of rotatable bonds is 0. The summed E-state index contributed by atoms with van der Waals surface area (Å²) in [5.41, 5.74) is -0.874. The van der Waals surface area contributed by atoms with E-state index in [0.717, 1.165) is 19.3 Å². The van der Waals surface area contributed by atoms with E-state index in [1.165, 1.54) is 12.8 Å². The summed E-state index contributed by atoms with van der Waals surface area (Å²) in [4.78, 5) is 11.7. The Morgan fingerprint density at radius 2 is 2.15 bits per heavy atom. The minimum atomic E-state index is -0.874. The summed E-state index contributed by atoms with van der Waals surface area (Å²) in [5.74, 6) is 1.45. The number of carbonyl (C=O) groups is 1. The van der Waals surface area contributed by atoms with Gasteiger partial charge in [0.25, 0.3) is 0 Å². The fourth-order valence-electron chi connectivity index (χ4n) is 4.02. The topological polar surface area (TPSA) is 37.3 Å². The standard InChI is InChI=1S/C11H16O2/c12-10-5-4-8-6-7-2-1-3-9(7)11(8,10)13/h7-9,13H,1-6H2/t7-,8-,9-,11+/m0/s1. The Hall–Kier alpha value is -0.370. The molecule has 0 aliphatic heterocycles. The third-order valence-electron chi connectivity index (χ3n) is 4.60. The number of carbonyl (C=O) groups excluding carboxylic acids is 1. The van der Waals surface area contributed by atoms with Gasteiger partial charge in [-0.25, -0.2) is 0 Å². The zero-order valence-electron chi connectivity index (χ0n) is 7.83. The zero-order valence-corrected chi connectivity index (χ0v) is 7.83. The summed E-state index contributed by atoms with van der Waals surface area (Å²) < 4.78 is 0. The largest absolute Gasteiger partial charge is 0.381 e. The summed E-state index contributed by atoms with van der Waals surface area (Å²) in [5, 5.41) is 10.4. The van der Waals surface area contributed by atoms with E-state index in [4.69, 9.17) is 0 Å². The van der Waals surface area contributed by atoms with E-state index < -0.39 is 5.60 Å². The SMILES string of the molecule is O=C1CC[C@H]2C[C@@H]3CCC[C@@H]3[C@@]12O. The molecule has 2 heteroatoms. The molecule has 0 bridgehead atoms. The van der Waals surface area contributed by atoms with Gasteiger partial charge in [0.2, 0.25) is 0 Å². The van der Waals surface area contributed by atoms with Crippen LogP contribution in [0.1, 0.15) is 38.5 Å². The average Bonchev–Trinajstić information content (AvgIpc) is 2.70. The summed E-state index contributed by atoms with van der Waals surface area (Å²) in [6.45, 7) is 0. The molecule has 0 aromatic heterocycles. The first-order valence-corrected chi connectivity index (χ1v) is 5.48. The lowest BCUT2D eigenvalue weighted by molar-refractivity contribution is -0.139. The first kappa shape index (κ1) is 7.98. The normalized spacial score (nSPS) is 53.9. The Bertz CT molecular complexity index is 261. The van der Waals surface area contributed by atoms with Crippen LogP contribution in [-0.2, 0) is 4.79 Å². The van der Waals surface area contributed by atoms with Gasteiger partial charge in [-0.3, -0.25) is 4.79 Å². The highest BCUT2D eigenvalue weighted by atomic mass is 16.3. The number of fused-ring (bicyclic) bond motifs is 3. The molecule has 0 aromatic rings. The monoisotopic (exact) mass is 180 g/mol. The van der Waals surface area contributed by atoms with Crippen LogP contribution in [0.5, 0.6) is 0 Å². The third kappa shape index (κ3) is 0.804. The molecule has 0 saturated heterocycles. The molecular formula is C11H16O2. The van der Waals surface area contributed by atoms with Crippen LogP contribution >= 0.6 is 0 Å². The molecule has 13 heavy (non-hydrogen) atoms. The van der Waals surface area contributed by atoms with Gasteiger partial charge in [0.1, 0.15) is 5.60 Å². The Morgan fingerprint density at radius 1 is 1.31 bits per heavy atom. The zero-order chi connectivity index (χ0) is 9.05. The van der Waals surface area contributed by atoms with E-state index in [9.17, 15) is 9.90 Å². The van der Waals surface area contributed by atoms with Gasteiger partial charge in [-0.05, 0) is 37.0 Å². The summed E-state index contributed by atoms with van der Waals surface area (Å²) in [7, 11) is 0. The van der Waals surface area contributed by atoms with Gasteiger partial charge in [0, 0.05) is 6.42 Å². The van der Waals surface area contributed by atoms with E-state index in [0.29, 0.717) is 24.2 Å². The summed E-state index contributed by atoms with van der Waals surface area (Å²) >= 11 is 0. The summed E-state index contributed by atoms with van der Waals surface area (Å²) in [6.07, 6.45) is 6.25. The second-order valence-corrected chi connectivity index (χ2v) is 5.02. The number of hydrogen-bond acceptors (Lipinski definition) is 2. The van der Waals surface area contributed by atoms with Gasteiger partial charge in [0.15, 0.2) is 5.78 Å². The van der Waals surface area contributed by atoms with Crippen molar-refractivity contribution in [2.24, 2.45) is 17.8 Å². The van der Waals surface area contributed by atoms with E-state index in [2.05, 4.69) is 0 Å². The molecule has 72 valence electrons. The van der Waals surface area contributed by atoms with Crippen LogP contribution in [0, 0.1) is 17.8 Å². The quantitative estimate of drug-likeness (QED) is 0.613. The Kier molecular flexibility index (Phi) is 1.44. The van der Waals surface area contributed by atoms with Crippen LogP contribution in [0.15, 0.2) is 0 Å². The van der Waals surface area contributed by atoms with E-state index in [1.54, 1.807) is 0 Å². The fraction of sp³-hybridized carbons (Fsp3) is 0.909. The van der Waals surface area contributed by atoms with Crippen LogP contribution in [0.2, 0.25) is 0 Å². The Labute approximate surface area is 78.3 Å². The van der Waals surface area contributed by atoms with Crippen molar-refractivity contribution in [3.05, 3.63) is 0 Å². The van der Waals surface area contributed by atoms with E-state index in [-0.39, 0.29) is 5.78 Å². The second kappa shape index (κ2) is 2.35. The molecule has 0 heterocycles. The van der Waals surface area contributed by atoms with Crippen LogP contribution in [-0.4, -0.2) is 16.5 Å². The van der Waals surface area contributed by atoms with Gasteiger partial charge in [-0.1, -0.05) is 12.8 Å². The number of ketones is 1. The van der Waals surface area contributed by atoms with Gasteiger partial charge >= 0.3 is 0 Å². The molecule has 1 N–H and O–H groups in total. The molecule has 2 nitrogen and oxygen atoms in total. The molecule has 3 saturated carbocycles. The van der Waals surface area contributed by atoms with Crippen molar-refractivity contribution >= 4 is 5.78 Å². The first-order chi connectivity index (χ1) is 6.23. The van der Waals surface area contributed by atoms with Crippen molar-refractivity contribution in [3.63, 3.8) is 0 Å². The molecule has 3 rings (SSSR count). The highest BCUT2D eigenvalue weighted by molar-refractivity contribution is 5.90. The van der Waals surface area contributed by atoms with Gasteiger partial charge in [-0.2, -0.15) is 0 Å². The number of aliphatic hydroxyl groups is 1. The van der Waals surface area contributed by atoms with Crippen molar-refractivity contribution in [1.29, 1.82) is 0 Å². The molecule has 3 fully saturated rings. The highest BCUT2D eigenvalue weighted by Crippen LogP contribution is 2.57. The maximum Gasteiger partial charge on any atom is 0.164 e. The Balaban J connectivity index is 2.00. The minimum absolute atomic E-state index is 0.145. The second-order valence-electron chi connectivity index (χ2n) is 5.02. The molecule has 0 aromatic carbocycles. The molecule has 0 spiro atoms. The maximum absolute atomic E-state index is 11.7. The van der Waals surface area contributed by atoms with E-state index >= 15 is 0 Å². The van der Waals surface area contributed by atoms with Gasteiger partial charge in [-0.15, -0.1) is 0 Å². The smallest absolute Gasteiger partial charge is 0.164 e. The molecule has 3 aliphatic carbocycles. The molecule has 4 atom stereocenters. The van der Waals surface area contributed by atoms with Crippen molar-refractivity contribution in [2.45, 2.75) is 44.1 Å². The maximum atomic E-state index is 11.7. The molecule has 0 amide bonds. The van der Waals surface area contributed by atoms with Crippen LogP contribution in [0.3, 0.4) is 0 Å². The van der Waals surface area contributed by atoms with Crippen molar-refractivity contribution in [2.75, 3.05) is 0 Å². The van der Waals surface area contributed by atoms with Crippen LogP contribution < -0.4 is 0 Å². The third-order valence-corrected chi connectivity index (χ3v) is 4.60. The number of hydrogen-bond donors (Lipinski definition) is 1. The molecule has 0 radical (unpaired) electrons.